The van der Waals surface area contributed by atoms with E-state index in [4.69, 9.17) is 4.74 Å². The molecule has 2 aliphatic rings. The molecule has 1 saturated heterocycles. The van der Waals surface area contributed by atoms with E-state index >= 15 is 0 Å². The number of anilines is 1. The zero-order chi connectivity index (χ0) is 23.3. The standard InChI is InChI=1S/C27H23NO5/c1-15-4-3-5-18(12-15)24-23(25(30)19-7-9-22-17(14-19)10-11-33-22)26(31)27(32)28(24)20-13-16(2)6-8-21(20)29/h3-9,12-14,24,29-30H,10-11H2,1-2H3/b25-23-. The molecule has 1 amide bonds. The summed E-state index contributed by atoms with van der Waals surface area (Å²) in [6.45, 7) is 4.33. The maximum atomic E-state index is 13.3. The maximum absolute atomic E-state index is 13.3. The number of carbonyl (C=O) groups is 2. The molecule has 0 aliphatic carbocycles. The molecule has 6 nitrogen and oxygen atoms in total. The number of Topliss-reactive ketones (excluding diaryl/α,β-unsaturated/α-hetero) is 1. The minimum atomic E-state index is -0.887. The largest absolute Gasteiger partial charge is 0.507 e. The van der Waals surface area contributed by atoms with Crippen LogP contribution < -0.4 is 9.64 Å². The Morgan fingerprint density at radius 3 is 2.58 bits per heavy atom. The van der Waals surface area contributed by atoms with Gasteiger partial charge in [-0.3, -0.25) is 14.5 Å². The Labute approximate surface area is 191 Å². The minimum absolute atomic E-state index is 0.00892. The van der Waals surface area contributed by atoms with E-state index in [9.17, 15) is 19.8 Å². The van der Waals surface area contributed by atoms with Gasteiger partial charge in [-0.1, -0.05) is 35.9 Å². The van der Waals surface area contributed by atoms with Crippen molar-refractivity contribution in [3.63, 3.8) is 0 Å². The number of aryl methyl sites for hydroxylation is 2. The van der Waals surface area contributed by atoms with Crippen molar-refractivity contribution < 1.29 is 24.5 Å². The Kier molecular flexibility index (Phi) is 4.93. The first kappa shape index (κ1) is 20.8. The molecule has 0 spiro atoms. The van der Waals surface area contributed by atoms with E-state index in [1.54, 1.807) is 30.3 Å². The Balaban J connectivity index is 1.74. The molecule has 2 N–H and O–H groups in total. The third-order valence-electron chi connectivity index (χ3n) is 6.16. The van der Waals surface area contributed by atoms with Gasteiger partial charge >= 0.3 is 0 Å². The highest BCUT2D eigenvalue weighted by Crippen LogP contribution is 2.45. The summed E-state index contributed by atoms with van der Waals surface area (Å²) < 4.78 is 5.54. The fourth-order valence-electron chi connectivity index (χ4n) is 4.55. The van der Waals surface area contributed by atoms with Crippen molar-refractivity contribution in [1.29, 1.82) is 0 Å². The Morgan fingerprint density at radius 1 is 1.00 bits per heavy atom. The number of nitrogens with zero attached hydrogens (tertiary/aromatic N) is 1. The molecule has 2 aliphatic heterocycles. The van der Waals surface area contributed by atoms with Crippen LogP contribution in [0.2, 0.25) is 0 Å². The predicted octanol–water partition coefficient (Wildman–Crippen LogP) is 4.57. The number of rotatable bonds is 3. The lowest BCUT2D eigenvalue weighted by Crippen LogP contribution is -2.29. The number of aromatic hydroxyl groups is 1. The molecule has 6 heteroatoms. The van der Waals surface area contributed by atoms with E-state index in [0.717, 1.165) is 22.4 Å². The molecular formula is C27H23NO5. The molecule has 166 valence electrons. The summed E-state index contributed by atoms with van der Waals surface area (Å²) in [4.78, 5) is 27.8. The molecule has 0 aromatic heterocycles. The number of hydrogen-bond acceptors (Lipinski definition) is 5. The SMILES string of the molecule is Cc1cccc(C2/C(=C(/O)c3ccc4c(c3)CCO4)C(=O)C(=O)N2c2cc(C)ccc2O)c1. The first-order chi connectivity index (χ1) is 15.8. The van der Waals surface area contributed by atoms with Crippen LogP contribution in [0.25, 0.3) is 5.76 Å². The number of amides is 1. The first-order valence-electron chi connectivity index (χ1n) is 10.8. The van der Waals surface area contributed by atoms with Crippen molar-refractivity contribution in [3.05, 3.63) is 94.1 Å². The molecule has 1 unspecified atom stereocenters. The first-order valence-corrected chi connectivity index (χ1v) is 10.8. The summed E-state index contributed by atoms with van der Waals surface area (Å²) >= 11 is 0. The molecule has 0 bridgehead atoms. The van der Waals surface area contributed by atoms with Crippen molar-refractivity contribution in [2.75, 3.05) is 11.5 Å². The molecule has 2 heterocycles. The number of ketones is 1. The number of hydrogen-bond donors (Lipinski definition) is 2. The Morgan fingerprint density at radius 2 is 1.79 bits per heavy atom. The molecule has 5 rings (SSSR count). The zero-order valence-electron chi connectivity index (χ0n) is 18.3. The average molecular weight is 441 g/mol. The van der Waals surface area contributed by atoms with E-state index in [2.05, 4.69) is 0 Å². The molecule has 3 aromatic rings. The lowest BCUT2D eigenvalue weighted by Gasteiger charge is -2.26. The summed E-state index contributed by atoms with van der Waals surface area (Å²) in [5.74, 6) is -1.20. The number of phenols is 1. The second-order valence-corrected chi connectivity index (χ2v) is 8.50. The number of carbonyl (C=O) groups excluding carboxylic acids is 2. The summed E-state index contributed by atoms with van der Waals surface area (Å²) in [5, 5.41) is 21.9. The van der Waals surface area contributed by atoms with Gasteiger partial charge in [-0.2, -0.15) is 0 Å². The summed E-state index contributed by atoms with van der Waals surface area (Å²) in [7, 11) is 0. The average Bonchev–Trinajstić information content (AvgIpc) is 3.37. The van der Waals surface area contributed by atoms with Crippen LogP contribution in [-0.2, 0) is 16.0 Å². The van der Waals surface area contributed by atoms with E-state index < -0.39 is 17.7 Å². The van der Waals surface area contributed by atoms with E-state index in [1.807, 2.05) is 38.1 Å². The van der Waals surface area contributed by atoms with Crippen LogP contribution in [0.4, 0.5) is 5.69 Å². The lowest BCUT2D eigenvalue weighted by molar-refractivity contribution is -0.132. The van der Waals surface area contributed by atoms with Gasteiger partial charge in [0, 0.05) is 12.0 Å². The number of phenolic OH excluding ortho intramolecular Hbond substituents is 1. The van der Waals surface area contributed by atoms with Crippen molar-refractivity contribution in [1.82, 2.24) is 0 Å². The van der Waals surface area contributed by atoms with Crippen LogP contribution in [0.1, 0.15) is 33.9 Å². The maximum Gasteiger partial charge on any atom is 0.300 e. The van der Waals surface area contributed by atoms with E-state index in [1.165, 1.54) is 11.0 Å². The molecule has 3 aromatic carbocycles. The molecule has 0 saturated carbocycles. The smallest absolute Gasteiger partial charge is 0.300 e. The van der Waals surface area contributed by atoms with E-state index in [0.29, 0.717) is 24.2 Å². The highest BCUT2D eigenvalue weighted by Gasteiger charge is 2.47. The normalized spacial score (nSPS) is 19.0. The van der Waals surface area contributed by atoms with Crippen LogP contribution in [0, 0.1) is 13.8 Å². The third-order valence-corrected chi connectivity index (χ3v) is 6.16. The third kappa shape index (κ3) is 3.44. The molecule has 0 radical (unpaired) electrons. The van der Waals surface area contributed by atoms with Crippen molar-refractivity contribution in [2.24, 2.45) is 0 Å². The number of benzene rings is 3. The van der Waals surface area contributed by atoms with Crippen LogP contribution in [-0.4, -0.2) is 28.5 Å². The second-order valence-electron chi connectivity index (χ2n) is 8.50. The molecule has 1 atom stereocenters. The second kappa shape index (κ2) is 7.81. The van der Waals surface area contributed by atoms with Crippen molar-refractivity contribution in [2.45, 2.75) is 26.3 Å². The summed E-state index contributed by atoms with van der Waals surface area (Å²) in [5.41, 5.74) is 4.05. The van der Waals surface area contributed by atoms with Gasteiger partial charge in [0.2, 0.25) is 0 Å². The number of aliphatic hydroxyl groups is 1. The monoisotopic (exact) mass is 441 g/mol. The minimum Gasteiger partial charge on any atom is -0.507 e. The van der Waals surface area contributed by atoms with Gasteiger partial charge in [0.1, 0.15) is 17.3 Å². The quantitative estimate of drug-likeness (QED) is 0.353. The Bertz CT molecular complexity index is 1340. The Hall–Kier alpha value is -4.06. The van der Waals surface area contributed by atoms with Gasteiger partial charge in [0.25, 0.3) is 11.7 Å². The van der Waals surface area contributed by atoms with Crippen LogP contribution in [0.5, 0.6) is 11.5 Å². The van der Waals surface area contributed by atoms with Gasteiger partial charge in [-0.05, 0) is 60.9 Å². The molecular weight excluding hydrogens is 418 g/mol. The number of ether oxygens (including phenoxy) is 1. The van der Waals surface area contributed by atoms with Gasteiger partial charge in [-0.15, -0.1) is 0 Å². The fourth-order valence-corrected chi connectivity index (χ4v) is 4.55. The van der Waals surface area contributed by atoms with Gasteiger partial charge in [0.05, 0.1) is 23.9 Å². The van der Waals surface area contributed by atoms with Crippen LogP contribution in [0.3, 0.4) is 0 Å². The molecule has 33 heavy (non-hydrogen) atoms. The van der Waals surface area contributed by atoms with E-state index in [-0.39, 0.29) is 22.8 Å². The molecule has 1 fully saturated rings. The van der Waals surface area contributed by atoms with Crippen LogP contribution in [0.15, 0.2) is 66.2 Å². The van der Waals surface area contributed by atoms with Crippen molar-refractivity contribution in [3.8, 4) is 11.5 Å². The van der Waals surface area contributed by atoms with Crippen LogP contribution >= 0.6 is 0 Å². The van der Waals surface area contributed by atoms with Gasteiger partial charge < -0.3 is 14.9 Å². The van der Waals surface area contributed by atoms with Gasteiger partial charge in [-0.25, -0.2) is 0 Å². The highest BCUT2D eigenvalue weighted by atomic mass is 16.5. The van der Waals surface area contributed by atoms with Crippen molar-refractivity contribution >= 4 is 23.1 Å². The number of aliphatic hydroxyl groups excluding tert-OH is 1. The zero-order valence-corrected chi connectivity index (χ0v) is 18.3. The lowest BCUT2D eigenvalue weighted by atomic mass is 9.93. The highest BCUT2D eigenvalue weighted by molar-refractivity contribution is 6.52. The summed E-state index contributed by atoms with van der Waals surface area (Å²) in [6, 6.07) is 16.7. The van der Waals surface area contributed by atoms with Gasteiger partial charge in [0.15, 0.2) is 0 Å². The predicted molar refractivity (Wildman–Crippen MR) is 124 cm³/mol. The number of fused-ring (bicyclic) bond motifs is 1. The topological polar surface area (TPSA) is 87.1 Å². The fraction of sp³-hybridized carbons (Fsp3) is 0.185. The summed E-state index contributed by atoms with van der Waals surface area (Å²) in [6.07, 6.45) is 0.712.